The monoisotopic (exact) mass is 340 g/mol. The van der Waals surface area contributed by atoms with Gasteiger partial charge in [-0.25, -0.2) is 0 Å². The molecule has 0 saturated heterocycles. The molecule has 0 aromatic rings. The van der Waals surface area contributed by atoms with Gasteiger partial charge in [-0.1, -0.05) is 26.2 Å². The quantitative estimate of drug-likeness (QED) is 0.671. The maximum absolute atomic E-state index is 12.1. The van der Waals surface area contributed by atoms with Gasteiger partial charge in [0.15, 0.2) is 0 Å². The molecule has 2 rings (SSSR count). The van der Waals surface area contributed by atoms with Crippen molar-refractivity contribution in [2.45, 2.75) is 70.9 Å². The summed E-state index contributed by atoms with van der Waals surface area (Å²) < 4.78 is 6.01. The molecule has 2 fully saturated rings. The second-order valence-corrected chi connectivity index (χ2v) is 7.13. The predicted molar refractivity (Wildman–Crippen MR) is 91.8 cm³/mol. The van der Waals surface area contributed by atoms with Crippen LogP contribution in [0.1, 0.15) is 58.8 Å². The Morgan fingerprint density at radius 1 is 1.25 bits per heavy atom. The van der Waals surface area contributed by atoms with E-state index in [1.807, 2.05) is 6.92 Å². The minimum absolute atomic E-state index is 0.191. The first kappa shape index (κ1) is 19.2. The molecule has 2 aliphatic rings. The highest BCUT2D eigenvalue weighted by molar-refractivity contribution is 5.82. The molecule has 2 aliphatic carbocycles. The maximum atomic E-state index is 12.1. The highest BCUT2D eigenvalue weighted by Gasteiger charge is 2.57. The Labute approximate surface area is 144 Å². The normalized spacial score (nSPS) is 25.5. The summed E-state index contributed by atoms with van der Waals surface area (Å²) in [5, 5.41) is 11.2. The van der Waals surface area contributed by atoms with E-state index in [0.717, 1.165) is 26.0 Å². The van der Waals surface area contributed by atoms with Crippen molar-refractivity contribution in [3.63, 3.8) is 0 Å². The molecule has 6 heteroatoms. The number of ether oxygens (including phenoxy) is 1. The van der Waals surface area contributed by atoms with E-state index in [9.17, 15) is 9.59 Å². The van der Waals surface area contributed by atoms with Gasteiger partial charge in [0.2, 0.25) is 5.91 Å². The van der Waals surface area contributed by atoms with Gasteiger partial charge in [0.1, 0.15) is 6.54 Å². The van der Waals surface area contributed by atoms with Crippen molar-refractivity contribution in [1.29, 1.82) is 0 Å². The second-order valence-electron chi connectivity index (χ2n) is 7.13. The average Bonchev–Trinajstić information content (AvgIpc) is 2.57. The zero-order valence-electron chi connectivity index (χ0n) is 15.1. The minimum Gasteiger partial charge on any atom is -0.480 e. The molecule has 6 nitrogen and oxygen atoms in total. The predicted octanol–water partition coefficient (Wildman–Crippen LogP) is 2.03. The van der Waals surface area contributed by atoms with Crippen LogP contribution in [0.4, 0.5) is 0 Å². The van der Waals surface area contributed by atoms with Crippen LogP contribution in [0, 0.1) is 5.41 Å². The standard InChI is InChI=1S/C18H32N2O4/c1-3-10-20(13-16(21)19-12-17(22)23)14-11-15(24-4-2)18(14)8-6-5-7-9-18/h14-15H,3-13H2,1-2H3,(H,19,21)(H,22,23). The first-order valence-corrected chi connectivity index (χ1v) is 9.37. The van der Waals surface area contributed by atoms with Crippen molar-refractivity contribution in [3.05, 3.63) is 0 Å². The van der Waals surface area contributed by atoms with Crippen LogP contribution in [0.25, 0.3) is 0 Å². The fraction of sp³-hybridized carbons (Fsp3) is 0.889. The molecule has 1 amide bonds. The summed E-state index contributed by atoms with van der Waals surface area (Å²) in [7, 11) is 0. The molecule has 0 radical (unpaired) electrons. The number of rotatable bonds is 9. The Balaban J connectivity index is 2.03. The summed E-state index contributed by atoms with van der Waals surface area (Å²) in [6.45, 7) is 5.75. The third-order valence-corrected chi connectivity index (χ3v) is 5.63. The van der Waals surface area contributed by atoms with Crippen LogP contribution in [0.15, 0.2) is 0 Å². The van der Waals surface area contributed by atoms with E-state index in [0.29, 0.717) is 12.1 Å². The van der Waals surface area contributed by atoms with E-state index in [4.69, 9.17) is 9.84 Å². The van der Waals surface area contributed by atoms with Crippen LogP contribution >= 0.6 is 0 Å². The van der Waals surface area contributed by atoms with Crippen molar-refractivity contribution < 1.29 is 19.4 Å². The van der Waals surface area contributed by atoms with E-state index in [1.54, 1.807) is 0 Å². The van der Waals surface area contributed by atoms with Gasteiger partial charge in [0.05, 0.1) is 12.6 Å². The molecule has 2 saturated carbocycles. The van der Waals surface area contributed by atoms with Crippen molar-refractivity contribution >= 4 is 11.9 Å². The van der Waals surface area contributed by atoms with Crippen LogP contribution in [0.5, 0.6) is 0 Å². The van der Waals surface area contributed by atoms with Gasteiger partial charge in [-0.15, -0.1) is 0 Å². The van der Waals surface area contributed by atoms with Gasteiger partial charge >= 0.3 is 5.97 Å². The first-order chi connectivity index (χ1) is 11.5. The van der Waals surface area contributed by atoms with Crippen molar-refractivity contribution in [3.8, 4) is 0 Å². The van der Waals surface area contributed by atoms with Gasteiger partial charge < -0.3 is 15.2 Å². The Bertz CT molecular complexity index is 435. The maximum Gasteiger partial charge on any atom is 0.322 e. The molecule has 2 unspecified atom stereocenters. The average molecular weight is 340 g/mol. The van der Waals surface area contributed by atoms with Crippen molar-refractivity contribution in [1.82, 2.24) is 10.2 Å². The van der Waals surface area contributed by atoms with Gasteiger partial charge in [-0.2, -0.15) is 0 Å². The van der Waals surface area contributed by atoms with Crippen LogP contribution in [0.2, 0.25) is 0 Å². The zero-order valence-corrected chi connectivity index (χ0v) is 15.1. The number of aliphatic carboxylic acids is 1. The Hall–Kier alpha value is -1.14. The summed E-state index contributed by atoms with van der Waals surface area (Å²) >= 11 is 0. The molecule has 0 aliphatic heterocycles. The molecule has 24 heavy (non-hydrogen) atoms. The number of nitrogens with zero attached hydrogens (tertiary/aromatic N) is 1. The molecule has 1 spiro atoms. The van der Waals surface area contributed by atoms with E-state index in [2.05, 4.69) is 17.1 Å². The molecule has 0 aromatic heterocycles. The summed E-state index contributed by atoms with van der Waals surface area (Å²) in [5.41, 5.74) is 0.191. The fourth-order valence-corrected chi connectivity index (χ4v) is 4.59. The van der Waals surface area contributed by atoms with E-state index in [-0.39, 0.29) is 24.4 Å². The lowest BCUT2D eigenvalue weighted by Crippen LogP contribution is -2.66. The Kier molecular flexibility index (Phi) is 7.04. The lowest BCUT2D eigenvalue weighted by molar-refractivity contribution is -0.183. The zero-order chi connectivity index (χ0) is 17.6. The van der Waals surface area contributed by atoms with Crippen LogP contribution in [-0.2, 0) is 14.3 Å². The lowest BCUT2D eigenvalue weighted by Gasteiger charge is -2.60. The number of hydrogen-bond acceptors (Lipinski definition) is 4. The molecule has 138 valence electrons. The minimum atomic E-state index is -1.01. The number of hydrogen-bond donors (Lipinski definition) is 2. The van der Waals surface area contributed by atoms with E-state index < -0.39 is 5.97 Å². The third-order valence-electron chi connectivity index (χ3n) is 5.63. The molecule has 0 heterocycles. The van der Waals surface area contributed by atoms with Crippen LogP contribution < -0.4 is 5.32 Å². The summed E-state index contributed by atoms with van der Waals surface area (Å²) in [4.78, 5) is 25.0. The summed E-state index contributed by atoms with van der Waals surface area (Å²) in [5.74, 6) is -1.20. The molecule has 0 bridgehead atoms. The molecular weight excluding hydrogens is 308 g/mol. The highest BCUT2D eigenvalue weighted by Crippen LogP contribution is 2.55. The van der Waals surface area contributed by atoms with Crippen molar-refractivity contribution in [2.24, 2.45) is 5.41 Å². The van der Waals surface area contributed by atoms with Crippen molar-refractivity contribution in [2.75, 3.05) is 26.2 Å². The third kappa shape index (κ3) is 4.28. The highest BCUT2D eigenvalue weighted by atomic mass is 16.5. The fourth-order valence-electron chi connectivity index (χ4n) is 4.59. The van der Waals surface area contributed by atoms with Gasteiger partial charge in [0, 0.05) is 18.1 Å². The molecule has 2 atom stereocenters. The molecular formula is C18H32N2O4. The van der Waals surface area contributed by atoms with Gasteiger partial charge in [-0.05, 0) is 39.2 Å². The Morgan fingerprint density at radius 2 is 1.96 bits per heavy atom. The number of carbonyl (C=O) groups is 2. The summed E-state index contributed by atoms with van der Waals surface area (Å²) in [6, 6.07) is 0.380. The largest absolute Gasteiger partial charge is 0.480 e. The number of carboxylic acids is 1. The first-order valence-electron chi connectivity index (χ1n) is 9.37. The Morgan fingerprint density at radius 3 is 2.54 bits per heavy atom. The van der Waals surface area contributed by atoms with Crippen LogP contribution in [-0.4, -0.2) is 60.3 Å². The lowest BCUT2D eigenvalue weighted by atomic mass is 9.54. The molecule has 2 N–H and O–H groups in total. The number of nitrogens with one attached hydrogen (secondary N) is 1. The number of amides is 1. The van der Waals surface area contributed by atoms with Gasteiger partial charge in [0.25, 0.3) is 0 Å². The van der Waals surface area contributed by atoms with Crippen LogP contribution in [0.3, 0.4) is 0 Å². The van der Waals surface area contributed by atoms with E-state index >= 15 is 0 Å². The molecule has 0 aromatic carbocycles. The number of carbonyl (C=O) groups excluding carboxylic acids is 1. The summed E-state index contributed by atoms with van der Waals surface area (Å²) in [6.07, 6.45) is 8.42. The topological polar surface area (TPSA) is 78.9 Å². The smallest absolute Gasteiger partial charge is 0.322 e. The number of carboxylic acid groups (broad SMARTS) is 1. The van der Waals surface area contributed by atoms with E-state index in [1.165, 1.54) is 32.1 Å². The van der Waals surface area contributed by atoms with Gasteiger partial charge in [-0.3, -0.25) is 14.5 Å². The SMILES string of the molecule is CCCN(CC(=O)NCC(=O)O)C1CC(OCC)C12CCCCC2. The second kappa shape index (κ2) is 8.81.